The highest BCUT2D eigenvalue weighted by molar-refractivity contribution is 5.81. The molecule has 0 saturated carbocycles. The Hall–Kier alpha value is -3.26. The fourth-order valence-electron chi connectivity index (χ4n) is 4.66. The second kappa shape index (κ2) is 9.77. The van der Waals surface area contributed by atoms with Crippen molar-refractivity contribution in [1.82, 2.24) is 14.5 Å². The summed E-state index contributed by atoms with van der Waals surface area (Å²) in [5.41, 5.74) is 1.39. The largest absolute Gasteiger partial charge is 0.384 e. The number of carbonyl (C=O) groups excluding carboxylic acids is 1. The maximum absolute atomic E-state index is 13.7. The number of hydrogen-bond acceptors (Lipinski definition) is 4. The molecule has 0 fully saturated rings. The lowest BCUT2D eigenvalue weighted by atomic mass is 9.91. The van der Waals surface area contributed by atoms with Crippen molar-refractivity contribution in [3.05, 3.63) is 66.0 Å². The molecule has 1 atom stereocenters. The maximum atomic E-state index is 13.7. The molecule has 0 saturated heterocycles. The molecule has 1 aliphatic heterocycles. The monoisotopic (exact) mass is 482 g/mol. The van der Waals surface area contributed by atoms with Crippen LogP contribution in [0.2, 0.25) is 0 Å². The average molecular weight is 483 g/mol. The van der Waals surface area contributed by atoms with Gasteiger partial charge in [-0.25, -0.2) is 13.8 Å². The molecule has 2 aromatic carbocycles. The van der Waals surface area contributed by atoms with Crippen molar-refractivity contribution in [3.8, 4) is 11.3 Å². The van der Waals surface area contributed by atoms with Crippen LogP contribution in [0, 0.1) is 23.5 Å². The van der Waals surface area contributed by atoms with Gasteiger partial charge in [0, 0.05) is 31.5 Å². The second-order valence-electron chi connectivity index (χ2n) is 9.78. The molecule has 3 aromatic rings. The highest BCUT2D eigenvalue weighted by Crippen LogP contribution is 2.40. The van der Waals surface area contributed by atoms with Crippen LogP contribution in [0.15, 0.2) is 48.5 Å². The van der Waals surface area contributed by atoms with Gasteiger partial charge in [0.05, 0.1) is 18.1 Å². The Morgan fingerprint density at radius 2 is 1.66 bits per heavy atom. The summed E-state index contributed by atoms with van der Waals surface area (Å²) in [5.74, 6) is 0.699. The summed E-state index contributed by atoms with van der Waals surface area (Å²) in [5, 5.41) is 3.38. The van der Waals surface area contributed by atoms with Crippen molar-refractivity contribution >= 4 is 17.4 Å². The van der Waals surface area contributed by atoms with E-state index in [-0.39, 0.29) is 29.4 Å². The van der Waals surface area contributed by atoms with E-state index in [0.717, 1.165) is 17.2 Å². The topological polar surface area (TPSA) is 59.4 Å². The van der Waals surface area contributed by atoms with Crippen LogP contribution in [0.1, 0.15) is 33.5 Å². The average Bonchev–Trinajstić information content (AvgIpc) is 3.18. The summed E-state index contributed by atoms with van der Waals surface area (Å²) in [6.45, 7) is 9.42. The van der Waals surface area contributed by atoms with E-state index in [1.54, 1.807) is 31.4 Å². The number of ether oxygens (including phenoxy) is 1. The molecule has 0 spiro atoms. The number of fused-ring (bicyclic) bond motifs is 1. The molecular weight excluding hydrogens is 450 g/mol. The number of methoxy groups -OCH3 is 1. The predicted molar refractivity (Wildman–Crippen MR) is 132 cm³/mol. The maximum Gasteiger partial charge on any atom is 0.229 e. The standard InChI is InChI=1S/C27H32F2N4O2/c1-17(2)22(16-35-5)25(34)33-15-14-32-24(30-21-12-10-20(29)11-13-21)23(31-26(32)27(33,3)4)18-6-8-19(28)9-7-18/h6-13,17,22,30H,14-16H2,1-5H3. The van der Waals surface area contributed by atoms with Crippen LogP contribution in [0.5, 0.6) is 0 Å². The van der Waals surface area contributed by atoms with E-state index in [0.29, 0.717) is 31.1 Å². The number of carbonyl (C=O) groups is 1. The first-order valence-corrected chi connectivity index (χ1v) is 11.8. The number of anilines is 2. The van der Waals surface area contributed by atoms with E-state index >= 15 is 0 Å². The number of aromatic nitrogens is 2. The summed E-state index contributed by atoms with van der Waals surface area (Å²) < 4.78 is 34.5. The second-order valence-corrected chi connectivity index (χ2v) is 9.78. The summed E-state index contributed by atoms with van der Waals surface area (Å²) in [6, 6.07) is 12.3. The normalized spacial score (nSPS) is 15.7. The molecule has 4 rings (SSSR count). The highest BCUT2D eigenvalue weighted by Gasteiger charge is 2.43. The number of rotatable bonds is 7. The molecule has 0 radical (unpaired) electrons. The van der Waals surface area contributed by atoms with Crippen molar-refractivity contribution in [1.29, 1.82) is 0 Å². The lowest BCUT2D eigenvalue weighted by molar-refractivity contribution is -0.146. The van der Waals surface area contributed by atoms with Gasteiger partial charge in [0.25, 0.3) is 0 Å². The minimum absolute atomic E-state index is 0.0393. The van der Waals surface area contributed by atoms with Gasteiger partial charge in [0.15, 0.2) is 0 Å². The van der Waals surface area contributed by atoms with Crippen LogP contribution < -0.4 is 5.32 Å². The van der Waals surface area contributed by atoms with E-state index in [9.17, 15) is 13.6 Å². The fraction of sp³-hybridized carbons (Fsp3) is 0.407. The summed E-state index contributed by atoms with van der Waals surface area (Å²) >= 11 is 0. The number of nitrogens with one attached hydrogen (secondary N) is 1. The SMILES string of the molecule is COCC(C(=O)N1CCn2c(nc(-c3ccc(F)cc3)c2Nc2ccc(F)cc2)C1(C)C)C(C)C. The van der Waals surface area contributed by atoms with Crippen LogP contribution in [0.25, 0.3) is 11.3 Å². The molecule has 35 heavy (non-hydrogen) atoms. The fourth-order valence-corrected chi connectivity index (χ4v) is 4.66. The minimum atomic E-state index is -0.701. The third-order valence-corrected chi connectivity index (χ3v) is 6.70. The van der Waals surface area contributed by atoms with Crippen molar-refractivity contribution in [2.45, 2.75) is 39.8 Å². The Labute approximate surface area is 204 Å². The van der Waals surface area contributed by atoms with Crippen LogP contribution in [-0.4, -0.2) is 40.6 Å². The minimum Gasteiger partial charge on any atom is -0.384 e. The molecule has 1 unspecified atom stereocenters. The van der Waals surface area contributed by atoms with Gasteiger partial charge in [-0.05, 0) is 68.3 Å². The zero-order chi connectivity index (χ0) is 25.3. The lowest BCUT2D eigenvalue weighted by Gasteiger charge is -2.44. The Bertz CT molecular complexity index is 1190. The van der Waals surface area contributed by atoms with Gasteiger partial charge in [-0.15, -0.1) is 0 Å². The number of amides is 1. The van der Waals surface area contributed by atoms with Crippen molar-refractivity contribution < 1.29 is 18.3 Å². The van der Waals surface area contributed by atoms with Gasteiger partial charge in [-0.2, -0.15) is 0 Å². The van der Waals surface area contributed by atoms with E-state index in [1.165, 1.54) is 24.3 Å². The highest BCUT2D eigenvalue weighted by atomic mass is 19.1. The first kappa shape index (κ1) is 24.9. The molecule has 1 amide bonds. The van der Waals surface area contributed by atoms with Crippen LogP contribution in [0.4, 0.5) is 20.3 Å². The van der Waals surface area contributed by atoms with E-state index < -0.39 is 5.54 Å². The van der Waals surface area contributed by atoms with Gasteiger partial charge >= 0.3 is 0 Å². The quantitative estimate of drug-likeness (QED) is 0.479. The lowest BCUT2D eigenvalue weighted by Crippen LogP contribution is -2.54. The van der Waals surface area contributed by atoms with Crippen LogP contribution in [0.3, 0.4) is 0 Å². The van der Waals surface area contributed by atoms with Crippen LogP contribution >= 0.6 is 0 Å². The van der Waals surface area contributed by atoms with Crippen molar-refractivity contribution in [2.24, 2.45) is 11.8 Å². The molecule has 0 aliphatic carbocycles. The van der Waals surface area contributed by atoms with Gasteiger partial charge in [0.2, 0.25) is 5.91 Å². The van der Waals surface area contributed by atoms with Crippen LogP contribution in [-0.2, 0) is 21.6 Å². The third-order valence-electron chi connectivity index (χ3n) is 6.70. The molecule has 186 valence electrons. The zero-order valence-electron chi connectivity index (χ0n) is 20.8. The Morgan fingerprint density at radius 1 is 1.06 bits per heavy atom. The molecule has 6 nitrogen and oxygen atoms in total. The van der Waals surface area contributed by atoms with Crippen molar-refractivity contribution in [2.75, 3.05) is 25.6 Å². The molecule has 1 aromatic heterocycles. The summed E-state index contributed by atoms with van der Waals surface area (Å²) in [6.07, 6.45) is 0. The molecule has 0 bridgehead atoms. The van der Waals surface area contributed by atoms with E-state index in [2.05, 4.69) is 9.88 Å². The Balaban J connectivity index is 1.79. The first-order valence-electron chi connectivity index (χ1n) is 11.8. The van der Waals surface area contributed by atoms with Crippen molar-refractivity contribution in [3.63, 3.8) is 0 Å². The van der Waals surface area contributed by atoms with Gasteiger partial charge < -0.3 is 19.5 Å². The number of imidazole rings is 1. The van der Waals surface area contributed by atoms with Gasteiger partial charge in [-0.3, -0.25) is 4.79 Å². The number of hydrogen-bond donors (Lipinski definition) is 1. The summed E-state index contributed by atoms with van der Waals surface area (Å²) in [4.78, 5) is 20.5. The summed E-state index contributed by atoms with van der Waals surface area (Å²) in [7, 11) is 1.61. The Morgan fingerprint density at radius 3 is 2.23 bits per heavy atom. The van der Waals surface area contributed by atoms with Gasteiger partial charge in [-0.1, -0.05) is 13.8 Å². The molecule has 1 aliphatic rings. The predicted octanol–water partition coefficient (Wildman–Crippen LogP) is 5.57. The number of halogens is 2. The Kier molecular flexibility index (Phi) is 6.94. The third kappa shape index (κ3) is 4.80. The number of nitrogens with zero attached hydrogens (tertiary/aromatic N) is 3. The van der Waals surface area contributed by atoms with E-state index in [4.69, 9.17) is 9.72 Å². The molecule has 1 N–H and O–H groups in total. The zero-order valence-corrected chi connectivity index (χ0v) is 20.8. The molecule has 2 heterocycles. The molecular formula is C27H32F2N4O2. The molecule has 8 heteroatoms. The number of benzene rings is 2. The first-order chi connectivity index (χ1) is 16.6. The van der Waals surface area contributed by atoms with Gasteiger partial charge in [0.1, 0.15) is 29.0 Å². The smallest absolute Gasteiger partial charge is 0.229 e. The van der Waals surface area contributed by atoms with E-state index in [1.807, 2.05) is 32.6 Å².